The number of carbonyl (C=O) groups excluding carboxylic acids is 2. The van der Waals surface area contributed by atoms with E-state index in [9.17, 15) is 9.59 Å². The van der Waals surface area contributed by atoms with E-state index in [-0.39, 0.29) is 12.1 Å². The predicted octanol–water partition coefficient (Wildman–Crippen LogP) is 4.33. The molecule has 0 spiro atoms. The van der Waals surface area contributed by atoms with Gasteiger partial charge in [-0.25, -0.2) is 9.59 Å². The Morgan fingerprint density at radius 3 is 2.56 bits per heavy atom. The van der Waals surface area contributed by atoms with Crippen molar-refractivity contribution in [2.75, 3.05) is 26.9 Å². The van der Waals surface area contributed by atoms with Crippen molar-refractivity contribution in [1.29, 1.82) is 0 Å². The van der Waals surface area contributed by atoms with Gasteiger partial charge in [0.25, 0.3) is 0 Å². The molecule has 2 aromatic rings. The number of hydrogen-bond donors (Lipinski definition) is 1. The third kappa shape index (κ3) is 5.30. The molecular weight excluding hydrogens is 448 g/mol. The van der Waals surface area contributed by atoms with Crippen LogP contribution in [0, 0.1) is 0 Å². The number of halogens is 1. The minimum absolute atomic E-state index is 0.176. The lowest BCUT2D eigenvalue weighted by atomic mass is 10.0. The third-order valence-electron chi connectivity index (χ3n) is 5.44. The summed E-state index contributed by atoms with van der Waals surface area (Å²) in [5, 5.41) is 2.43. The Kier molecular flexibility index (Phi) is 6.98. The van der Waals surface area contributed by atoms with Crippen LogP contribution in [0.4, 0.5) is 4.79 Å². The molecule has 7 nitrogen and oxygen atoms in total. The zero-order valence-corrected chi connectivity index (χ0v) is 21.7. The predicted molar refractivity (Wildman–Crippen MR) is 129 cm³/mol. The van der Waals surface area contributed by atoms with Gasteiger partial charge in [0.15, 0.2) is 0 Å². The van der Waals surface area contributed by atoms with Crippen LogP contribution in [0.2, 0.25) is 24.7 Å². The van der Waals surface area contributed by atoms with E-state index in [4.69, 9.17) is 25.8 Å². The summed E-state index contributed by atoms with van der Waals surface area (Å²) in [6.07, 6.45) is 0.250. The van der Waals surface area contributed by atoms with Crippen LogP contribution >= 0.6 is 11.6 Å². The van der Waals surface area contributed by atoms with Gasteiger partial charge in [-0.05, 0) is 44.9 Å². The molecule has 1 aromatic carbocycles. The number of benzene rings is 1. The zero-order chi connectivity index (χ0) is 23.8. The molecule has 1 aliphatic heterocycles. The topological polar surface area (TPSA) is 80.9 Å². The molecule has 3 rings (SSSR count). The third-order valence-corrected chi connectivity index (χ3v) is 7.68. The number of aromatic amines is 1. The number of carbonyl (C=O) groups is 2. The Morgan fingerprint density at radius 2 is 1.97 bits per heavy atom. The summed E-state index contributed by atoms with van der Waals surface area (Å²) in [5.74, 6) is -0.477. The van der Waals surface area contributed by atoms with Gasteiger partial charge in [-0.3, -0.25) is 0 Å². The number of fused-ring (bicyclic) bond motifs is 1. The van der Waals surface area contributed by atoms with Crippen LogP contribution in [0.1, 0.15) is 36.7 Å². The number of nitrogens with one attached hydrogen (secondary N) is 1. The Morgan fingerprint density at radius 1 is 1.28 bits per heavy atom. The lowest BCUT2D eigenvalue weighted by Gasteiger charge is -2.37. The summed E-state index contributed by atoms with van der Waals surface area (Å²) in [7, 11) is -0.454. The normalized spacial score (nSPS) is 17.5. The van der Waals surface area contributed by atoms with Crippen LogP contribution in [-0.4, -0.2) is 68.5 Å². The summed E-state index contributed by atoms with van der Waals surface area (Å²) >= 11 is 6.37. The van der Waals surface area contributed by atoms with Gasteiger partial charge in [-0.1, -0.05) is 31.2 Å². The second-order valence-electron chi connectivity index (χ2n) is 10.2. The molecule has 0 radical (unpaired) electrons. The van der Waals surface area contributed by atoms with E-state index in [1.165, 1.54) is 12.4 Å². The van der Waals surface area contributed by atoms with Gasteiger partial charge in [-0.15, -0.1) is 0 Å². The maximum Gasteiger partial charge on any atom is 0.410 e. The highest BCUT2D eigenvalue weighted by atomic mass is 35.5. The molecule has 0 unspecified atom stereocenters. The number of amides is 1. The SMILES string of the molecule is COC(=O)c1cc2c(C[C@H]3COCCN3C(=O)OC(C)(C)C)c([Si](C)(C)C)[nH]c2cc1Cl. The minimum Gasteiger partial charge on any atom is -0.465 e. The van der Waals surface area contributed by atoms with Crippen LogP contribution in [0.15, 0.2) is 12.1 Å². The fourth-order valence-electron chi connectivity index (χ4n) is 4.01. The van der Waals surface area contributed by atoms with Gasteiger partial charge in [0.05, 0.1) is 45.0 Å². The molecule has 32 heavy (non-hydrogen) atoms. The van der Waals surface area contributed by atoms with Crippen molar-refractivity contribution in [3.8, 4) is 0 Å². The zero-order valence-electron chi connectivity index (χ0n) is 19.9. The van der Waals surface area contributed by atoms with Crippen molar-refractivity contribution in [2.45, 2.75) is 58.5 Å². The monoisotopic (exact) mass is 480 g/mol. The van der Waals surface area contributed by atoms with Crippen LogP contribution in [0.5, 0.6) is 0 Å². The number of esters is 1. The molecule has 1 atom stereocenters. The van der Waals surface area contributed by atoms with E-state index in [1.54, 1.807) is 17.0 Å². The number of methoxy groups -OCH3 is 1. The van der Waals surface area contributed by atoms with Crippen molar-refractivity contribution < 1.29 is 23.8 Å². The Bertz CT molecular complexity index is 1020. The van der Waals surface area contributed by atoms with Crippen LogP contribution in [0.25, 0.3) is 10.9 Å². The molecular formula is C23H33ClN2O5Si. The van der Waals surface area contributed by atoms with Crippen molar-refractivity contribution in [3.63, 3.8) is 0 Å². The van der Waals surface area contributed by atoms with E-state index >= 15 is 0 Å². The summed E-state index contributed by atoms with van der Waals surface area (Å²) in [6.45, 7) is 13.7. The standard InChI is InChI=1S/C23H33ClN2O5Si/c1-23(2,3)31-22(28)26-8-9-30-13-14(26)10-16-15-11-17(21(27)29-4)18(24)12-19(15)25-20(16)32(5,6)7/h11-12,14,25H,8-10,13H2,1-7H3/t14-/m0/s1. The largest absolute Gasteiger partial charge is 0.465 e. The number of rotatable bonds is 4. The summed E-state index contributed by atoms with van der Waals surface area (Å²) < 4.78 is 16.3. The van der Waals surface area contributed by atoms with E-state index in [2.05, 4.69) is 24.6 Å². The lowest BCUT2D eigenvalue weighted by molar-refractivity contribution is -0.0318. The first-order chi connectivity index (χ1) is 14.8. The van der Waals surface area contributed by atoms with E-state index in [0.717, 1.165) is 16.5 Å². The fraction of sp³-hybridized carbons (Fsp3) is 0.565. The highest BCUT2D eigenvalue weighted by Crippen LogP contribution is 2.29. The molecule has 1 N–H and O–H groups in total. The molecule has 0 bridgehead atoms. The molecule has 176 valence electrons. The maximum absolute atomic E-state index is 12.9. The van der Waals surface area contributed by atoms with Gasteiger partial charge in [0.2, 0.25) is 0 Å². The lowest BCUT2D eigenvalue weighted by Crippen LogP contribution is -2.52. The van der Waals surface area contributed by atoms with Gasteiger partial charge >= 0.3 is 12.1 Å². The van der Waals surface area contributed by atoms with Gasteiger partial charge in [-0.2, -0.15) is 0 Å². The number of ether oxygens (including phenoxy) is 3. The van der Waals surface area contributed by atoms with Crippen LogP contribution in [0.3, 0.4) is 0 Å². The summed E-state index contributed by atoms with van der Waals surface area (Å²) in [4.78, 5) is 30.5. The second kappa shape index (κ2) is 9.07. The molecule has 0 aliphatic carbocycles. The summed E-state index contributed by atoms with van der Waals surface area (Å²) in [5.41, 5.74) is 1.71. The van der Waals surface area contributed by atoms with Gasteiger partial charge in [0, 0.05) is 22.8 Å². The number of aromatic nitrogens is 1. The number of hydrogen-bond acceptors (Lipinski definition) is 5. The number of nitrogens with zero attached hydrogens (tertiary/aromatic N) is 1. The van der Waals surface area contributed by atoms with E-state index in [0.29, 0.717) is 36.8 Å². The fourth-order valence-corrected chi connectivity index (χ4v) is 5.90. The quantitative estimate of drug-likeness (QED) is 0.520. The molecule has 1 aliphatic rings. The van der Waals surface area contributed by atoms with Gasteiger partial charge in [0.1, 0.15) is 5.60 Å². The van der Waals surface area contributed by atoms with E-state index < -0.39 is 19.6 Å². The Hall–Kier alpha value is -2.03. The second-order valence-corrected chi connectivity index (χ2v) is 15.6. The molecule has 1 saturated heterocycles. The molecule has 1 aromatic heterocycles. The Labute approximate surface area is 195 Å². The van der Waals surface area contributed by atoms with Crippen molar-refractivity contribution in [3.05, 3.63) is 28.3 Å². The van der Waals surface area contributed by atoms with Gasteiger partial charge < -0.3 is 24.1 Å². The highest BCUT2D eigenvalue weighted by Gasteiger charge is 2.34. The first-order valence-electron chi connectivity index (χ1n) is 10.8. The van der Waals surface area contributed by atoms with Crippen LogP contribution in [-0.2, 0) is 20.6 Å². The number of H-pyrrole nitrogens is 1. The first-order valence-corrected chi connectivity index (χ1v) is 14.7. The van der Waals surface area contributed by atoms with E-state index in [1.807, 2.05) is 20.8 Å². The average Bonchev–Trinajstić information content (AvgIpc) is 3.03. The minimum atomic E-state index is -1.79. The van der Waals surface area contributed by atoms with Crippen LogP contribution < -0.4 is 5.32 Å². The molecule has 0 saturated carbocycles. The van der Waals surface area contributed by atoms with Crippen molar-refractivity contribution in [1.82, 2.24) is 9.88 Å². The molecule has 1 fully saturated rings. The van der Waals surface area contributed by atoms with Crippen molar-refractivity contribution >= 4 is 48.0 Å². The Balaban J connectivity index is 2.07. The summed E-state index contributed by atoms with van der Waals surface area (Å²) in [6, 6.07) is 3.39. The highest BCUT2D eigenvalue weighted by molar-refractivity contribution is 6.88. The smallest absolute Gasteiger partial charge is 0.410 e. The van der Waals surface area contributed by atoms with Crippen molar-refractivity contribution in [2.24, 2.45) is 0 Å². The number of morpholine rings is 1. The molecule has 2 heterocycles. The molecule has 9 heteroatoms. The maximum atomic E-state index is 12.9. The first kappa shape index (κ1) is 24.6. The average molecular weight is 481 g/mol. The molecule has 1 amide bonds.